The van der Waals surface area contributed by atoms with Crippen LogP contribution in [0.2, 0.25) is 0 Å². The molecule has 2 aliphatic rings. The standard InChI is InChI=1S/C13H24N2O2/c1-10-9-15(7-5-12(10)16)13(17)3-2-11-4-6-14-8-11/h10-12,14,16H,2-9H2,1H3. The van der Waals surface area contributed by atoms with Crippen molar-refractivity contribution in [3.63, 3.8) is 0 Å². The molecule has 2 heterocycles. The van der Waals surface area contributed by atoms with Gasteiger partial charge in [-0.1, -0.05) is 6.92 Å². The Morgan fingerprint density at radius 1 is 1.47 bits per heavy atom. The molecule has 98 valence electrons. The lowest BCUT2D eigenvalue weighted by molar-refractivity contribution is -0.135. The minimum Gasteiger partial charge on any atom is -0.393 e. The Bertz CT molecular complexity index is 264. The maximum absolute atomic E-state index is 12.0. The Hall–Kier alpha value is -0.610. The van der Waals surface area contributed by atoms with Crippen LogP contribution in [0, 0.1) is 11.8 Å². The number of nitrogens with zero attached hydrogens (tertiary/aromatic N) is 1. The number of nitrogens with one attached hydrogen (secondary N) is 1. The molecule has 17 heavy (non-hydrogen) atoms. The fraction of sp³-hybridized carbons (Fsp3) is 0.923. The van der Waals surface area contributed by atoms with E-state index in [0.717, 1.165) is 39.0 Å². The number of aliphatic hydroxyl groups is 1. The predicted octanol–water partition coefficient (Wildman–Crippen LogP) is 0.605. The fourth-order valence-electron chi connectivity index (χ4n) is 2.81. The quantitative estimate of drug-likeness (QED) is 0.760. The number of rotatable bonds is 3. The number of hydrogen-bond acceptors (Lipinski definition) is 3. The summed E-state index contributed by atoms with van der Waals surface area (Å²) in [5.41, 5.74) is 0. The highest BCUT2D eigenvalue weighted by Gasteiger charge is 2.27. The zero-order valence-corrected chi connectivity index (χ0v) is 10.7. The van der Waals surface area contributed by atoms with Crippen molar-refractivity contribution in [1.29, 1.82) is 0 Å². The number of carbonyl (C=O) groups excluding carboxylic acids is 1. The van der Waals surface area contributed by atoms with Gasteiger partial charge in [-0.25, -0.2) is 0 Å². The van der Waals surface area contributed by atoms with Crippen molar-refractivity contribution >= 4 is 5.91 Å². The SMILES string of the molecule is CC1CN(C(=O)CCC2CCNC2)CCC1O. The second-order valence-corrected chi connectivity index (χ2v) is 5.57. The van der Waals surface area contributed by atoms with Gasteiger partial charge in [-0.2, -0.15) is 0 Å². The van der Waals surface area contributed by atoms with E-state index in [-0.39, 0.29) is 17.9 Å². The molecular weight excluding hydrogens is 216 g/mol. The second kappa shape index (κ2) is 5.83. The largest absolute Gasteiger partial charge is 0.393 e. The number of hydrogen-bond donors (Lipinski definition) is 2. The van der Waals surface area contributed by atoms with Crippen molar-refractivity contribution in [3.05, 3.63) is 0 Å². The molecule has 0 saturated carbocycles. The highest BCUT2D eigenvalue weighted by atomic mass is 16.3. The molecule has 0 aromatic carbocycles. The van der Waals surface area contributed by atoms with Crippen LogP contribution >= 0.6 is 0 Å². The summed E-state index contributed by atoms with van der Waals surface area (Å²) < 4.78 is 0. The van der Waals surface area contributed by atoms with Crippen LogP contribution in [0.4, 0.5) is 0 Å². The Kier molecular flexibility index (Phi) is 4.40. The Labute approximate surface area is 103 Å². The number of carbonyl (C=O) groups is 1. The average molecular weight is 240 g/mol. The molecule has 0 aromatic rings. The summed E-state index contributed by atoms with van der Waals surface area (Å²) in [7, 11) is 0. The van der Waals surface area contributed by atoms with E-state index >= 15 is 0 Å². The van der Waals surface area contributed by atoms with Crippen LogP contribution in [0.25, 0.3) is 0 Å². The Morgan fingerprint density at radius 2 is 2.29 bits per heavy atom. The molecule has 0 aliphatic carbocycles. The van der Waals surface area contributed by atoms with Crippen molar-refractivity contribution in [3.8, 4) is 0 Å². The lowest BCUT2D eigenvalue weighted by Gasteiger charge is -2.34. The van der Waals surface area contributed by atoms with Gasteiger partial charge in [-0.05, 0) is 44.2 Å². The van der Waals surface area contributed by atoms with E-state index in [1.54, 1.807) is 0 Å². The number of likely N-dealkylation sites (tertiary alicyclic amines) is 1. The first-order valence-electron chi connectivity index (χ1n) is 6.83. The van der Waals surface area contributed by atoms with E-state index in [4.69, 9.17) is 0 Å². The van der Waals surface area contributed by atoms with Crippen molar-refractivity contribution in [1.82, 2.24) is 10.2 Å². The molecule has 0 spiro atoms. The highest BCUT2D eigenvalue weighted by molar-refractivity contribution is 5.76. The third-order valence-corrected chi connectivity index (χ3v) is 4.14. The topological polar surface area (TPSA) is 52.6 Å². The molecule has 3 unspecified atom stereocenters. The summed E-state index contributed by atoms with van der Waals surface area (Å²) in [6.07, 6.45) is 3.41. The van der Waals surface area contributed by atoms with Crippen LogP contribution in [0.15, 0.2) is 0 Å². The van der Waals surface area contributed by atoms with Gasteiger partial charge in [0.2, 0.25) is 5.91 Å². The molecule has 4 heteroatoms. The van der Waals surface area contributed by atoms with Crippen molar-refractivity contribution < 1.29 is 9.90 Å². The summed E-state index contributed by atoms with van der Waals surface area (Å²) >= 11 is 0. The van der Waals surface area contributed by atoms with Crippen molar-refractivity contribution in [2.75, 3.05) is 26.2 Å². The lowest BCUT2D eigenvalue weighted by Crippen LogP contribution is -2.45. The molecule has 2 saturated heterocycles. The smallest absolute Gasteiger partial charge is 0.222 e. The Morgan fingerprint density at radius 3 is 2.94 bits per heavy atom. The molecule has 2 fully saturated rings. The normalized spacial score (nSPS) is 34.0. The van der Waals surface area contributed by atoms with Gasteiger partial charge in [0.15, 0.2) is 0 Å². The van der Waals surface area contributed by atoms with Crippen molar-refractivity contribution in [2.45, 2.75) is 38.7 Å². The maximum atomic E-state index is 12.0. The number of amides is 1. The summed E-state index contributed by atoms with van der Waals surface area (Å²) in [6, 6.07) is 0. The minimum absolute atomic E-state index is 0.223. The summed E-state index contributed by atoms with van der Waals surface area (Å²) in [6.45, 7) is 5.65. The highest BCUT2D eigenvalue weighted by Crippen LogP contribution is 2.19. The lowest BCUT2D eigenvalue weighted by atomic mass is 9.95. The molecule has 2 N–H and O–H groups in total. The van der Waals surface area contributed by atoms with Gasteiger partial charge in [0.25, 0.3) is 0 Å². The molecule has 0 bridgehead atoms. The molecular formula is C13H24N2O2. The van der Waals surface area contributed by atoms with Gasteiger partial charge in [0.1, 0.15) is 0 Å². The molecule has 1 amide bonds. The van der Waals surface area contributed by atoms with E-state index in [0.29, 0.717) is 12.3 Å². The fourth-order valence-corrected chi connectivity index (χ4v) is 2.81. The zero-order chi connectivity index (χ0) is 12.3. The van der Waals surface area contributed by atoms with E-state index in [1.165, 1.54) is 6.42 Å². The van der Waals surface area contributed by atoms with Crippen molar-refractivity contribution in [2.24, 2.45) is 11.8 Å². The summed E-state index contributed by atoms with van der Waals surface area (Å²) in [4.78, 5) is 14.0. The van der Waals surface area contributed by atoms with Crippen LogP contribution in [-0.2, 0) is 4.79 Å². The van der Waals surface area contributed by atoms with Gasteiger partial charge in [0.05, 0.1) is 6.10 Å². The van der Waals surface area contributed by atoms with E-state index in [2.05, 4.69) is 5.32 Å². The van der Waals surface area contributed by atoms with Gasteiger partial charge >= 0.3 is 0 Å². The molecule has 3 atom stereocenters. The van der Waals surface area contributed by atoms with Crippen LogP contribution in [0.3, 0.4) is 0 Å². The molecule has 0 radical (unpaired) electrons. The molecule has 0 aromatic heterocycles. The van der Waals surface area contributed by atoms with Gasteiger partial charge < -0.3 is 15.3 Å². The van der Waals surface area contributed by atoms with Crippen LogP contribution < -0.4 is 5.32 Å². The maximum Gasteiger partial charge on any atom is 0.222 e. The first-order valence-corrected chi connectivity index (χ1v) is 6.83. The van der Waals surface area contributed by atoms with E-state index < -0.39 is 0 Å². The number of aliphatic hydroxyl groups excluding tert-OH is 1. The average Bonchev–Trinajstić information content (AvgIpc) is 2.82. The van der Waals surface area contributed by atoms with Gasteiger partial charge in [-0.3, -0.25) is 4.79 Å². The Balaban J connectivity index is 1.72. The second-order valence-electron chi connectivity index (χ2n) is 5.57. The van der Waals surface area contributed by atoms with Crippen LogP contribution in [0.1, 0.15) is 32.6 Å². The predicted molar refractivity (Wildman–Crippen MR) is 66.6 cm³/mol. The first-order chi connectivity index (χ1) is 8.16. The monoisotopic (exact) mass is 240 g/mol. The summed E-state index contributed by atoms with van der Waals surface area (Å²) in [5, 5.41) is 13.0. The minimum atomic E-state index is -0.224. The number of piperidine rings is 1. The van der Waals surface area contributed by atoms with Gasteiger partial charge in [-0.15, -0.1) is 0 Å². The third kappa shape index (κ3) is 3.42. The molecule has 2 rings (SSSR count). The molecule has 2 aliphatic heterocycles. The van der Waals surface area contributed by atoms with Crippen LogP contribution in [0.5, 0.6) is 0 Å². The van der Waals surface area contributed by atoms with Crippen LogP contribution in [-0.4, -0.2) is 48.2 Å². The third-order valence-electron chi connectivity index (χ3n) is 4.14. The molecule has 4 nitrogen and oxygen atoms in total. The van der Waals surface area contributed by atoms with E-state index in [1.807, 2.05) is 11.8 Å². The zero-order valence-electron chi connectivity index (χ0n) is 10.7. The summed E-state index contributed by atoms with van der Waals surface area (Å²) in [5.74, 6) is 1.18. The van der Waals surface area contributed by atoms with Gasteiger partial charge in [0, 0.05) is 19.5 Å². The first kappa shape index (κ1) is 12.8. The van der Waals surface area contributed by atoms with E-state index in [9.17, 15) is 9.90 Å².